The van der Waals surface area contributed by atoms with Gasteiger partial charge in [0.15, 0.2) is 0 Å². The molecule has 2 aromatic rings. The number of hydrogen-bond acceptors (Lipinski definition) is 2. The summed E-state index contributed by atoms with van der Waals surface area (Å²) in [5, 5.41) is 3.52. The third-order valence-electron chi connectivity index (χ3n) is 3.85. The van der Waals surface area contributed by atoms with Crippen molar-refractivity contribution in [2.24, 2.45) is 0 Å². The third kappa shape index (κ3) is 2.39. The lowest BCUT2D eigenvalue weighted by atomic mass is 9.82. The highest BCUT2D eigenvalue weighted by atomic mass is 79.9. The Labute approximate surface area is 127 Å². The van der Waals surface area contributed by atoms with Gasteiger partial charge in [-0.25, -0.2) is 0 Å². The molecule has 0 saturated carbocycles. The van der Waals surface area contributed by atoms with Gasteiger partial charge in [-0.2, -0.15) is 0 Å². The van der Waals surface area contributed by atoms with Crippen molar-refractivity contribution >= 4 is 27.3 Å². The third-order valence-corrected chi connectivity index (χ3v) is 5.89. The first kappa shape index (κ1) is 13.3. The number of halogens is 1. The zero-order chi connectivity index (χ0) is 13.6. The summed E-state index contributed by atoms with van der Waals surface area (Å²) in [6.07, 6.45) is 0. The summed E-state index contributed by atoms with van der Waals surface area (Å²) >= 11 is 5.55. The fourth-order valence-corrected chi connectivity index (χ4v) is 4.29. The molecule has 1 aromatic carbocycles. The van der Waals surface area contributed by atoms with E-state index in [4.69, 9.17) is 0 Å². The van der Waals surface area contributed by atoms with Crippen LogP contribution < -0.4 is 5.32 Å². The van der Waals surface area contributed by atoms with Crippen molar-refractivity contribution in [1.82, 2.24) is 5.32 Å². The zero-order valence-corrected chi connectivity index (χ0v) is 13.9. The number of hydrogen-bond donors (Lipinski definition) is 1. The van der Waals surface area contributed by atoms with Crippen LogP contribution in [0.3, 0.4) is 0 Å². The molecule has 3 rings (SSSR count). The first-order valence-corrected chi connectivity index (χ1v) is 8.19. The number of benzene rings is 1. The number of aryl methyl sites for hydroxylation is 1. The molecule has 0 spiro atoms. The van der Waals surface area contributed by atoms with Crippen LogP contribution in [-0.4, -0.2) is 6.54 Å². The Morgan fingerprint density at radius 2 is 2.05 bits per heavy atom. The molecule has 100 valence electrons. The highest BCUT2D eigenvalue weighted by Crippen LogP contribution is 2.40. The van der Waals surface area contributed by atoms with E-state index in [0.29, 0.717) is 0 Å². The number of rotatable bonds is 1. The Morgan fingerprint density at radius 3 is 2.74 bits per heavy atom. The molecule has 0 bridgehead atoms. The van der Waals surface area contributed by atoms with Gasteiger partial charge in [-0.1, -0.05) is 41.9 Å². The molecule has 3 heteroatoms. The Kier molecular flexibility index (Phi) is 3.32. The van der Waals surface area contributed by atoms with Crippen molar-refractivity contribution in [2.45, 2.75) is 32.7 Å². The standard InChI is InChI=1S/C16H18BrNS/c1-10-4-5-11(6-13(10)17)14-7-12-15(19-14)8-18-9-16(12,2)3/h4-7,18H,8-9H2,1-3H3. The van der Waals surface area contributed by atoms with Crippen molar-refractivity contribution in [3.63, 3.8) is 0 Å². The van der Waals surface area contributed by atoms with E-state index in [9.17, 15) is 0 Å². The first-order valence-electron chi connectivity index (χ1n) is 6.58. The molecule has 1 nitrogen and oxygen atoms in total. The second-order valence-corrected chi connectivity index (χ2v) is 7.89. The number of thiophene rings is 1. The maximum atomic E-state index is 3.63. The quantitative estimate of drug-likeness (QED) is 0.784. The molecule has 1 aliphatic heterocycles. The summed E-state index contributed by atoms with van der Waals surface area (Å²) in [5.74, 6) is 0. The molecule has 19 heavy (non-hydrogen) atoms. The molecule has 1 N–H and O–H groups in total. The smallest absolute Gasteiger partial charge is 0.0349 e. The maximum Gasteiger partial charge on any atom is 0.0349 e. The Balaban J connectivity index is 2.07. The van der Waals surface area contributed by atoms with Gasteiger partial charge in [0.2, 0.25) is 0 Å². The van der Waals surface area contributed by atoms with Gasteiger partial charge in [0.25, 0.3) is 0 Å². The lowest BCUT2D eigenvalue weighted by molar-refractivity contribution is 0.440. The monoisotopic (exact) mass is 335 g/mol. The second kappa shape index (κ2) is 4.72. The molecular weight excluding hydrogens is 318 g/mol. The van der Waals surface area contributed by atoms with Crippen molar-refractivity contribution in [2.75, 3.05) is 6.54 Å². The summed E-state index contributed by atoms with van der Waals surface area (Å²) in [5.41, 5.74) is 4.35. The topological polar surface area (TPSA) is 12.0 Å². The van der Waals surface area contributed by atoms with E-state index in [0.717, 1.165) is 13.1 Å². The minimum Gasteiger partial charge on any atom is -0.311 e. The zero-order valence-electron chi connectivity index (χ0n) is 11.5. The van der Waals surface area contributed by atoms with Gasteiger partial charge in [0.05, 0.1) is 0 Å². The summed E-state index contributed by atoms with van der Waals surface area (Å²) < 4.78 is 1.19. The highest BCUT2D eigenvalue weighted by molar-refractivity contribution is 9.10. The van der Waals surface area contributed by atoms with Crippen molar-refractivity contribution in [1.29, 1.82) is 0 Å². The number of nitrogens with one attached hydrogen (secondary N) is 1. The first-order chi connectivity index (χ1) is 8.97. The van der Waals surface area contributed by atoms with Gasteiger partial charge >= 0.3 is 0 Å². The molecule has 0 unspecified atom stereocenters. The predicted molar refractivity (Wildman–Crippen MR) is 86.9 cm³/mol. The van der Waals surface area contributed by atoms with E-state index in [-0.39, 0.29) is 5.41 Å². The van der Waals surface area contributed by atoms with E-state index < -0.39 is 0 Å². The minimum atomic E-state index is 0.240. The summed E-state index contributed by atoms with van der Waals surface area (Å²) in [6.45, 7) is 8.84. The number of fused-ring (bicyclic) bond motifs is 1. The van der Waals surface area contributed by atoms with E-state index in [1.807, 2.05) is 11.3 Å². The van der Waals surface area contributed by atoms with E-state index >= 15 is 0 Å². The van der Waals surface area contributed by atoms with Crippen LogP contribution in [0.1, 0.15) is 29.9 Å². The van der Waals surface area contributed by atoms with Gasteiger partial charge in [-0.15, -0.1) is 11.3 Å². The van der Waals surface area contributed by atoms with Crippen LogP contribution in [0.25, 0.3) is 10.4 Å². The van der Waals surface area contributed by atoms with Crippen molar-refractivity contribution < 1.29 is 0 Å². The fraction of sp³-hybridized carbons (Fsp3) is 0.375. The molecule has 0 radical (unpaired) electrons. The average Bonchev–Trinajstić information content (AvgIpc) is 2.78. The molecule has 0 aliphatic carbocycles. The Hall–Kier alpha value is -0.640. The summed E-state index contributed by atoms with van der Waals surface area (Å²) in [6, 6.07) is 9.02. The van der Waals surface area contributed by atoms with E-state index in [1.165, 1.54) is 30.9 Å². The molecular formula is C16H18BrNS. The van der Waals surface area contributed by atoms with Crippen LogP contribution >= 0.6 is 27.3 Å². The van der Waals surface area contributed by atoms with Crippen molar-refractivity contribution in [3.05, 3.63) is 44.7 Å². The molecule has 2 heterocycles. The van der Waals surface area contributed by atoms with E-state index in [1.54, 1.807) is 0 Å². The van der Waals surface area contributed by atoms with Gasteiger partial charge in [-0.05, 0) is 35.7 Å². The second-order valence-electron chi connectivity index (χ2n) is 5.90. The maximum absolute atomic E-state index is 3.63. The van der Waals surface area contributed by atoms with Crippen LogP contribution in [-0.2, 0) is 12.0 Å². The SMILES string of the molecule is Cc1ccc(-c2cc3c(s2)CNCC3(C)C)cc1Br. The minimum absolute atomic E-state index is 0.240. The molecule has 0 atom stereocenters. The predicted octanol–water partition coefficient (Wildman–Crippen LogP) is 4.87. The summed E-state index contributed by atoms with van der Waals surface area (Å²) in [4.78, 5) is 2.87. The normalized spacial score (nSPS) is 17.3. The highest BCUT2D eigenvalue weighted by Gasteiger charge is 2.29. The molecule has 1 aromatic heterocycles. The average molecular weight is 336 g/mol. The van der Waals surface area contributed by atoms with Crippen molar-refractivity contribution in [3.8, 4) is 10.4 Å². The molecule has 0 amide bonds. The van der Waals surface area contributed by atoms with Crippen LogP contribution in [0.5, 0.6) is 0 Å². The molecule has 0 saturated heterocycles. The Morgan fingerprint density at radius 1 is 1.26 bits per heavy atom. The van der Waals surface area contributed by atoms with Gasteiger partial charge < -0.3 is 5.32 Å². The van der Waals surface area contributed by atoms with Gasteiger partial charge in [-0.3, -0.25) is 0 Å². The molecule has 0 fully saturated rings. The van der Waals surface area contributed by atoms with Crippen LogP contribution in [0.15, 0.2) is 28.7 Å². The van der Waals surface area contributed by atoms with Crippen LogP contribution in [0, 0.1) is 6.92 Å². The van der Waals surface area contributed by atoms with Gasteiger partial charge in [0.1, 0.15) is 0 Å². The van der Waals surface area contributed by atoms with Gasteiger partial charge in [0, 0.05) is 32.7 Å². The van der Waals surface area contributed by atoms with Crippen LogP contribution in [0.4, 0.5) is 0 Å². The largest absolute Gasteiger partial charge is 0.311 e. The summed E-state index contributed by atoms with van der Waals surface area (Å²) in [7, 11) is 0. The lowest BCUT2D eigenvalue weighted by Gasteiger charge is -2.30. The van der Waals surface area contributed by atoms with Crippen LogP contribution in [0.2, 0.25) is 0 Å². The van der Waals surface area contributed by atoms with E-state index in [2.05, 4.69) is 66.3 Å². The Bertz CT molecular complexity index is 628. The lowest BCUT2D eigenvalue weighted by Crippen LogP contribution is -2.37. The molecule has 1 aliphatic rings. The fourth-order valence-electron chi connectivity index (χ4n) is 2.60.